The SMILES string of the molecule is O=C(O)c1cccc(SCc2nc3ccccc3[nH]2)c1. The molecular weight excluding hydrogens is 272 g/mol. The van der Waals surface area contributed by atoms with Crippen molar-refractivity contribution in [3.05, 3.63) is 59.9 Å². The van der Waals surface area contributed by atoms with E-state index in [1.165, 1.54) is 0 Å². The van der Waals surface area contributed by atoms with Crippen LogP contribution in [-0.2, 0) is 5.75 Å². The Kier molecular flexibility index (Phi) is 3.43. The standard InChI is InChI=1S/C15H12N2O2S/c18-15(19)10-4-3-5-11(8-10)20-9-14-16-12-6-1-2-7-13(12)17-14/h1-8H,9H2,(H,16,17)(H,18,19). The van der Waals surface area contributed by atoms with Gasteiger partial charge in [-0.15, -0.1) is 11.8 Å². The van der Waals surface area contributed by atoms with E-state index in [1.807, 2.05) is 30.3 Å². The van der Waals surface area contributed by atoms with Gasteiger partial charge in [-0.05, 0) is 30.3 Å². The average molecular weight is 284 g/mol. The first kappa shape index (κ1) is 12.7. The van der Waals surface area contributed by atoms with Crippen molar-refractivity contribution in [2.24, 2.45) is 0 Å². The monoisotopic (exact) mass is 284 g/mol. The van der Waals surface area contributed by atoms with E-state index in [1.54, 1.807) is 30.0 Å². The molecule has 0 radical (unpaired) electrons. The smallest absolute Gasteiger partial charge is 0.335 e. The number of carboxylic acids is 1. The second-order valence-corrected chi connectivity index (χ2v) is 5.37. The van der Waals surface area contributed by atoms with E-state index in [4.69, 9.17) is 5.11 Å². The Morgan fingerprint density at radius 2 is 2.05 bits per heavy atom. The molecule has 2 aromatic carbocycles. The van der Waals surface area contributed by atoms with Crippen molar-refractivity contribution in [1.82, 2.24) is 9.97 Å². The predicted octanol–water partition coefficient (Wildman–Crippen LogP) is 3.55. The molecule has 0 fully saturated rings. The number of benzene rings is 2. The number of imidazole rings is 1. The van der Waals surface area contributed by atoms with Crippen LogP contribution in [0.25, 0.3) is 11.0 Å². The lowest BCUT2D eigenvalue weighted by Crippen LogP contribution is -1.95. The van der Waals surface area contributed by atoms with Crippen LogP contribution < -0.4 is 0 Å². The van der Waals surface area contributed by atoms with Gasteiger partial charge in [0, 0.05) is 4.90 Å². The molecule has 20 heavy (non-hydrogen) atoms. The highest BCUT2D eigenvalue weighted by Gasteiger charge is 2.06. The van der Waals surface area contributed by atoms with Gasteiger partial charge < -0.3 is 10.1 Å². The zero-order chi connectivity index (χ0) is 13.9. The first-order valence-electron chi connectivity index (χ1n) is 6.12. The minimum Gasteiger partial charge on any atom is -0.478 e. The van der Waals surface area contributed by atoms with Crippen LogP contribution in [0.15, 0.2) is 53.4 Å². The molecule has 2 N–H and O–H groups in total. The normalized spacial score (nSPS) is 10.8. The van der Waals surface area contributed by atoms with Gasteiger partial charge in [-0.25, -0.2) is 9.78 Å². The van der Waals surface area contributed by atoms with Crippen molar-refractivity contribution >= 4 is 28.8 Å². The maximum Gasteiger partial charge on any atom is 0.335 e. The number of H-pyrrole nitrogens is 1. The molecule has 3 rings (SSSR count). The Morgan fingerprint density at radius 3 is 2.85 bits per heavy atom. The summed E-state index contributed by atoms with van der Waals surface area (Å²) in [5.74, 6) is 0.658. The van der Waals surface area contributed by atoms with Crippen molar-refractivity contribution in [3.8, 4) is 0 Å². The van der Waals surface area contributed by atoms with Gasteiger partial charge in [0.1, 0.15) is 5.82 Å². The summed E-state index contributed by atoms with van der Waals surface area (Å²) in [5, 5.41) is 8.96. The van der Waals surface area contributed by atoms with Crippen LogP contribution in [0.2, 0.25) is 0 Å². The molecule has 0 spiro atoms. The van der Waals surface area contributed by atoms with Gasteiger partial charge in [-0.3, -0.25) is 0 Å². The lowest BCUT2D eigenvalue weighted by Gasteiger charge is -2.01. The molecule has 3 aromatic rings. The summed E-state index contributed by atoms with van der Waals surface area (Å²) >= 11 is 1.56. The highest BCUT2D eigenvalue weighted by molar-refractivity contribution is 7.98. The fourth-order valence-electron chi connectivity index (χ4n) is 1.94. The number of carbonyl (C=O) groups is 1. The van der Waals surface area contributed by atoms with Gasteiger partial charge >= 0.3 is 5.97 Å². The second kappa shape index (κ2) is 5.38. The number of aromatic nitrogens is 2. The molecule has 0 saturated carbocycles. The Hall–Kier alpha value is -2.27. The molecule has 0 amide bonds. The molecule has 0 saturated heterocycles. The van der Waals surface area contributed by atoms with Crippen LogP contribution in [0.5, 0.6) is 0 Å². The number of nitrogens with zero attached hydrogens (tertiary/aromatic N) is 1. The van der Waals surface area contributed by atoms with Crippen molar-refractivity contribution in [2.45, 2.75) is 10.6 Å². The van der Waals surface area contributed by atoms with E-state index >= 15 is 0 Å². The van der Waals surface area contributed by atoms with Crippen LogP contribution >= 0.6 is 11.8 Å². The third-order valence-corrected chi connectivity index (χ3v) is 3.90. The molecule has 0 aliphatic rings. The summed E-state index contributed by atoms with van der Waals surface area (Å²) in [6.07, 6.45) is 0. The number of aromatic carboxylic acids is 1. The highest BCUT2D eigenvalue weighted by Crippen LogP contribution is 2.23. The maximum absolute atomic E-state index is 10.9. The fraction of sp³-hybridized carbons (Fsp3) is 0.0667. The van der Waals surface area contributed by atoms with Crippen molar-refractivity contribution < 1.29 is 9.90 Å². The van der Waals surface area contributed by atoms with Gasteiger partial charge in [0.25, 0.3) is 0 Å². The van der Waals surface area contributed by atoms with E-state index < -0.39 is 5.97 Å². The number of thioether (sulfide) groups is 1. The van der Waals surface area contributed by atoms with E-state index in [0.29, 0.717) is 11.3 Å². The Morgan fingerprint density at radius 1 is 1.20 bits per heavy atom. The summed E-state index contributed by atoms with van der Waals surface area (Å²) in [4.78, 5) is 19.6. The molecule has 0 atom stereocenters. The molecule has 100 valence electrons. The number of rotatable bonds is 4. The number of aromatic amines is 1. The van der Waals surface area contributed by atoms with E-state index in [0.717, 1.165) is 21.8 Å². The average Bonchev–Trinajstić information content (AvgIpc) is 2.88. The van der Waals surface area contributed by atoms with E-state index in [-0.39, 0.29) is 0 Å². The number of hydrogen-bond acceptors (Lipinski definition) is 3. The van der Waals surface area contributed by atoms with E-state index in [2.05, 4.69) is 9.97 Å². The van der Waals surface area contributed by atoms with Crippen LogP contribution in [-0.4, -0.2) is 21.0 Å². The predicted molar refractivity (Wildman–Crippen MR) is 79.1 cm³/mol. The van der Waals surface area contributed by atoms with Crippen molar-refractivity contribution in [3.63, 3.8) is 0 Å². The topological polar surface area (TPSA) is 66.0 Å². The van der Waals surface area contributed by atoms with Gasteiger partial charge in [-0.1, -0.05) is 18.2 Å². The van der Waals surface area contributed by atoms with Crippen molar-refractivity contribution in [1.29, 1.82) is 0 Å². The van der Waals surface area contributed by atoms with E-state index in [9.17, 15) is 4.79 Å². The van der Waals surface area contributed by atoms with Crippen LogP contribution in [0.4, 0.5) is 0 Å². The molecule has 1 aromatic heterocycles. The number of nitrogens with one attached hydrogen (secondary N) is 1. The lowest BCUT2D eigenvalue weighted by molar-refractivity contribution is 0.0696. The summed E-state index contributed by atoms with van der Waals surface area (Å²) in [5.41, 5.74) is 2.27. The Labute approximate surface area is 119 Å². The molecule has 1 heterocycles. The fourth-order valence-corrected chi connectivity index (χ4v) is 2.77. The molecule has 4 nitrogen and oxygen atoms in total. The third-order valence-electron chi connectivity index (χ3n) is 2.89. The number of carboxylic acid groups (broad SMARTS) is 1. The Balaban J connectivity index is 1.75. The number of para-hydroxylation sites is 2. The van der Waals surface area contributed by atoms with Crippen LogP contribution in [0.3, 0.4) is 0 Å². The highest BCUT2D eigenvalue weighted by atomic mass is 32.2. The number of fused-ring (bicyclic) bond motifs is 1. The van der Waals surface area contributed by atoms with Gasteiger partial charge in [-0.2, -0.15) is 0 Å². The first-order chi connectivity index (χ1) is 9.72. The minimum atomic E-state index is -0.906. The first-order valence-corrected chi connectivity index (χ1v) is 7.11. The van der Waals surface area contributed by atoms with Crippen LogP contribution in [0.1, 0.15) is 16.2 Å². The third kappa shape index (κ3) is 2.67. The quantitative estimate of drug-likeness (QED) is 0.719. The Bertz CT molecular complexity index is 734. The molecule has 0 unspecified atom stereocenters. The van der Waals surface area contributed by atoms with Crippen LogP contribution in [0, 0.1) is 0 Å². The van der Waals surface area contributed by atoms with Gasteiger partial charge in [0.05, 0.1) is 22.3 Å². The number of hydrogen-bond donors (Lipinski definition) is 2. The maximum atomic E-state index is 10.9. The summed E-state index contributed by atoms with van der Waals surface area (Å²) < 4.78 is 0. The zero-order valence-corrected chi connectivity index (χ0v) is 11.4. The molecule has 0 aliphatic heterocycles. The summed E-state index contributed by atoms with van der Waals surface area (Å²) in [7, 11) is 0. The largest absolute Gasteiger partial charge is 0.478 e. The molecular formula is C15H12N2O2S. The molecule has 0 bridgehead atoms. The molecule has 5 heteroatoms. The molecule has 0 aliphatic carbocycles. The summed E-state index contributed by atoms with van der Waals surface area (Å²) in [6.45, 7) is 0. The van der Waals surface area contributed by atoms with Gasteiger partial charge in [0.2, 0.25) is 0 Å². The summed E-state index contributed by atoms with van der Waals surface area (Å²) in [6, 6.07) is 14.8. The van der Waals surface area contributed by atoms with Gasteiger partial charge in [0.15, 0.2) is 0 Å². The lowest BCUT2D eigenvalue weighted by atomic mass is 10.2. The second-order valence-electron chi connectivity index (χ2n) is 4.32. The van der Waals surface area contributed by atoms with Crippen molar-refractivity contribution in [2.75, 3.05) is 0 Å². The zero-order valence-electron chi connectivity index (χ0n) is 10.5. The minimum absolute atomic E-state index is 0.305.